The van der Waals surface area contributed by atoms with Crippen LogP contribution >= 0.6 is 0 Å². The molecule has 0 fully saturated rings. The molecule has 1 amide bonds. The Morgan fingerprint density at radius 1 is 1.39 bits per heavy atom. The van der Waals surface area contributed by atoms with Crippen LogP contribution in [0, 0.1) is 0 Å². The molecule has 2 heterocycles. The smallest absolute Gasteiger partial charge is 0.252 e. The summed E-state index contributed by atoms with van der Waals surface area (Å²) in [5.41, 5.74) is 10.4. The number of likely N-dealkylation sites (N-methyl/N-ethyl adjacent to an activating group) is 1. The summed E-state index contributed by atoms with van der Waals surface area (Å²) in [4.78, 5) is 13.8. The number of hydrogen-bond donors (Lipinski definition) is 1. The lowest BCUT2D eigenvalue weighted by atomic mass is 9.97. The molecule has 0 spiro atoms. The minimum Gasteiger partial charge on any atom is -0.378 e. The maximum atomic E-state index is 11.5. The number of hydrogen-bond acceptors (Lipinski definition) is 4. The van der Waals surface area contributed by atoms with Gasteiger partial charge in [0, 0.05) is 26.4 Å². The Labute approximate surface area is 135 Å². The summed E-state index contributed by atoms with van der Waals surface area (Å²) in [7, 11) is 3.72. The van der Waals surface area contributed by atoms with E-state index in [9.17, 15) is 4.79 Å². The van der Waals surface area contributed by atoms with Gasteiger partial charge in [0.2, 0.25) is 0 Å². The van der Waals surface area contributed by atoms with Gasteiger partial charge in [0.1, 0.15) is 5.69 Å². The number of nitrogens with zero attached hydrogens (tertiary/aromatic N) is 3. The highest BCUT2D eigenvalue weighted by Gasteiger charge is 2.16. The number of aromatic nitrogens is 2. The minimum atomic E-state index is -0.475. The molecule has 2 N–H and O–H groups in total. The number of primary amides is 1. The second kappa shape index (κ2) is 6.52. The van der Waals surface area contributed by atoms with E-state index < -0.39 is 5.91 Å². The second-order valence-electron chi connectivity index (χ2n) is 6.08. The first-order valence-electron chi connectivity index (χ1n) is 7.71. The van der Waals surface area contributed by atoms with Crippen LogP contribution in [-0.4, -0.2) is 41.3 Å². The van der Waals surface area contributed by atoms with Crippen LogP contribution in [0.4, 0.5) is 0 Å². The molecular weight excluding hydrogens is 292 g/mol. The summed E-state index contributed by atoms with van der Waals surface area (Å²) in [6.07, 6.45) is 2.77. The number of benzene rings is 1. The Balaban J connectivity index is 1.82. The fourth-order valence-corrected chi connectivity index (χ4v) is 3.02. The van der Waals surface area contributed by atoms with Crippen LogP contribution in [0.5, 0.6) is 0 Å². The van der Waals surface area contributed by atoms with Gasteiger partial charge < -0.3 is 15.4 Å². The number of nitrogens with two attached hydrogens (primary N) is 1. The molecule has 0 saturated carbocycles. The highest BCUT2D eigenvalue weighted by atomic mass is 16.5. The van der Waals surface area contributed by atoms with E-state index in [1.165, 1.54) is 16.7 Å². The number of rotatable bonds is 5. The van der Waals surface area contributed by atoms with Gasteiger partial charge in [-0.2, -0.15) is 5.10 Å². The van der Waals surface area contributed by atoms with Gasteiger partial charge in [-0.3, -0.25) is 9.48 Å². The van der Waals surface area contributed by atoms with E-state index in [4.69, 9.17) is 10.5 Å². The highest BCUT2D eigenvalue weighted by molar-refractivity contribution is 5.93. The Morgan fingerprint density at radius 3 is 2.96 bits per heavy atom. The summed E-state index contributed by atoms with van der Waals surface area (Å²) >= 11 is 0. The average Bonchev–Trinajstić information content (AvgIpc) is 2.91. The maximum absolute atomic E-state index is 11.5. The lowest BCUT2D eigenvalue weighted by Crippen LogP contribution is -2.26. The molecule has 6 nitrogen and oxygen atoms in total. The number of ether oxygens (including phenoxy) is 1. The molecule has 0 radical (unpaired) electrons. The minimum absolute atomic E-state index is 0.280. The molecular formula is C17H22N4O2. The van der Waals surface area contributed by atoms with Crippen molar-refractivity contribution in [2.24, 2.45) is 5.73 Å². The van der Waals surface area contributed by atoms with Gasteiger partial charge in [-0.1, -0.05) is 18.2 Å². The Kier molecular flexibility index (Phi) is 4.45. The van der Waals surface area contributed by atoms with Crippen molar-refractivity contribution in [2.75, 3.05) is 20.7 Å². The number of fused-ring (bicyclic) bond motifs is 1. The predicted octanol–water partition coefficient (Wildman–Crippen LogP) is 1.16. The van der Waals surface area contributed by atoms with Crippen molar-refractivity contribution >= 4 is 5.91 Å². The fraction of sp³-hybridized carbons (Fsp3) is 0.412. The van der Waals surface area contributed by atoms with Gasteiger partial charge in [-0.05, 0) is 30.2 Å². The lowest BCUT2D eigenvalue weighted by molar-refractivity contribution is 0.0995. The molecule has 0 atom stereocenters. The molecule has 1 aliphatic rings. The van der Waals surface area contributed by atoms with E-state index in [0.717, 1.165) is 19.5 Å². The first kappa shape index (κ1) is 15.7. The monoisotopic (exact) mass is 314 g/mol. The molecule has 0 unspecified atom stereocenters. The van der Waals surface area contributed by atoms with Crippen LogP contribution in [0.3, 0.4) is 0 Å². The third kappa shape index (κ3) is 3.43. The molecule has 3 rings (SSSR count). The van der Waals surface area contributed by atoms with E-state index in [2.05, 4.69) is 35.2 Å². The van der Waals surface area contributed by atoms with Gasteiger partial charge in [0.05, 0.1) is 18.7 Å². The first-order chi connectivity index (χ1) is 11.1. The normalized spacial score (nSPS) is 14.7. The van der Waals surface area contributed by atoms with Crippen molar-refractivity contribution in [1.82, 2.24) is 14.7 Å². The van der Waals surface area contributed by atoms with Crippen LogP contribution < -0.4 is 5.73 Å². The van der Waals surface area contributed by atoms with Gasteiger partial charge >= 0.3 is 0 Å². The number of amides is 1. The molecule has 1 aromatic heterocycles. The van der Waals surface area contributed by atoms with E-state index in [-0.39, 0.29) is 6.61 Å². The molecule has 122 valence electrons. The summed E-state index contributed by atoms with van der Waals surface area (Å²) in [5, 5.41) is 4.42. The topological polar surface area (TPSA) is 73.4 Å². The first-order valence-corrected chi connectivity index (χ1v) is 7.71. The molecule has 1 aromatic carbocycles. The Morgan fingerprint density at radius 2 is 2.22 bits per heavy atom. The predicted molar refractivity (Wildman–Crippen MR) is 87.0 cm³/mol. The summed E-state index contributed by atoms with van der Waals surface area (Å²) in [5.74, 6) is -0.475. The van der Waals surface area contributed by atoms with Crippen molar-refractivity contribution in [1.29, 1.82) is 0 Å². The van der Waals surface area contributed by atoms with Gasteiger partial charge in [0.25, 0.3) is 5.91 Å². The zero-order valence-electron chi connectivity index (χ0n) is 13.6. The number of carbonyl (C=O) groups is 1. The number of methoxy groups -OCH3 is 1. The third-order valence-corrected chi connectivity index (χ3v) is 4.20. The van der Waals surface area contributed by atoms with Crippen LogP contribution in [0.25, 0.3) is 0 Å². The lowest BCUT2D eigenvalue weighted by Gasteiger charge is -2.25. The second-order valence-corrected chi connectivity index (χ2v) is 6.08. The standard InChI is InChI=1S/C17H22N4O2/c1-20-6-5-13-7-12(3-4-14(13)9-20)8-21-10-15(17(18)22)16(19-21)11-23-2/h3-4,7,10H,5-6,8-9,11H2,1-2H3,(H2,18,22). The van der Waals surface area contributed by atoms with Crippen LogP contribution in [0.1, 0.15) is 32.7 Å². The Bertz CT molecular complexity index is 723. The van der Waals surface area contributed by atoms with Gasteiger partial charge in [0.15, 0.2) is 0 Å². The van der Waals surface area contributed by atoms with E-state index >= 15 is 0 Å². The average molecular weight is 314 g/mol. The van der Waals surface area contributed by atoms with Crippen LogP contribution in [-0.2, 0) is 30.9 Å². The van der Waals surface area contributed by atoms with Gasteiger partial charge in [-0.15, -0.1) is 0 Å². The van der Waals surface area contributed by atoms with Crippen molar-refractivity contribution in [3.05, 3.63) is 52.3 Å². The molecule has 6 heteroatoms. The third-order valence-electron chi connectivity index (χ3n) is 4.20. The Hall–Kier alpha value is -2.18. The van der Waals surface area contributed by atoms with Crippen molar-refractivity contribution in [3.8, 4) is 0 Å². The molecule has 2 aromatic rings. The van der Waals surface area contributed by atoms with Crippen molar-refractivity contribution in [2.45, 2.75) is 26.1 Å². The van der Waals surface area contributed by atoms with Crippen LogP contribution in [0.2, 0.25) is 0 Å². The van der Waals surface area contributed by atoms with Crippen LogP contribution in [0.15, 0.2) is 24.4 Å². The largest absolute Gasteiger partial charge is 0.378 e. The SMILES string of the molecule is COCc1nn(Cc2ccc3c(c2)CCN(C)C3)cc1C(N)=O. The van der Waals surface area contributed by atoms with E-state index in [1.54, 1.807) is 18.0 Å². The zero-order valence-corrected chi connectivity index (χ0v) is 13.6. The molecule has 0 aliphatic carbocycles. The van der Waals surface area contributed by atoms with Crippen molar-refractivity contribution in [3.63, 3.8) is 0 Å². The summed E-state index contributed by atoms with van der Waals surface area (Å²) in [6.45, 7) is 2.98. The summed E-state index contributed by atoms with van der Waals surface area (Å²) < 4.78 is 6.83. The van der Waals surface area contributed by atoms with E-state index in [1.807, 2.05) is 0 Å². The number of carbonyl (C=O) groups excluding carboxylic acids is 1. The maximum Gasteiger partial charge on any atom is 0.252 e. The molecule has 0 bridgehead atoms. The fourth-order valence-electron chi connectivity index (χ4n) is 3.02. The van der Waals surface area contributed by atoms with E-state index in [0.29, 0.717) is 17.8 Å². The zero-order chi connectivity index (χ0) is 16.4. The van der Waals surface area contributed by atoms with Gasteiger partial charge in [-0.25, -0.2) is 0 Å². The molecule has 0 saturated heterocycles. The summed E-state index contributed by atoms with van der Waals surface area (Å²) in [6, 6.07) is 6.55. The molecule has 1 aliphatic heterocycles. The quantitative estimate of drug-likeness (QED) is 0.899. The van der Waals surface area contributed by atoms with Crippen molar-refractivity contribution < 1.29 is 9.53 Å². The highest BCUT2D eigenvalue weighted by Crippen LogP contribution is 2.20. The molecule has 23 heavy (non-hydrogen) atoms.